The summed E-state index contributed by atoms with van der Waals surface area (Å²) in [6.07, 6.45) is 23.9. The molecule has 2 saturated heterocycles. The highest BCUT2D eigenvalue weighted by molar-refractivity contribution is 6.74. The van der Waals surface area contributed by atoms with Crippen LogP contribution in [0.15, 0.2) is 0 Å². The van der Waals surface area contributed by atoms with Crippen molar-refractivity contribution in [1.29, 1.82) is 0 Å². The summed E-state index contributed by atoms with van der Waals surface area (Å²) < 4.78 is 42.6. The number of ether oxygens (including phenoxy) is 6. The molecule has 2 heterocycles. The van der Waals surface area contributed by atoms with Crippen LogP contribution >= 0.6 is 0 Å². The van der Waals surface area contributed by atoms with Gasteiger partial charge in [-0.25, -0.2) is 0 Å². The van der Waals surface area contributed by atoms with E-state index in [4.69, 9.17) is 39.3 Å². The number of hydrogen-bond acceptors (Lipinski definition) is 7. The third kappa shape index (κ3) is 16.1. The molecule has 2 unspecified atom stereocenters. The third-order valence-electron chi connectivity index (χ3n) is 10.2. The van der Waals surface area contributed by atoms with Crippen LogP contribution in [0.4, 0.5) is 0 Å². The van der Waals surface area contributed by atoms with Gasteiger partial charge in [0, 0.05) is 33.2 Å². The van der Waals surface area contributed by atoms with Crippen molar-refractivity contribution in [2.75, 3.05) is 27.8 Å². The summed E-state index contributed by atoms with van der Waals surface area (Å²) in [6.45, 7) is 14.2. The molecule has 2 fully saturated rings. The molecule has 0 aromatic carbocycles. The van der Waals surface area contributed by atoms with Gasteiger partial charge in [-0.15, -0.1) is 18.3 Å². The van der Waals surface area contributed by atoms with Crippen LogP contribution in [0.2, 0.25) is 18.1 Å². The van der Waals surface area contributed by atoms with Crippen LogP contribution in [-0.2, 0) is 32.8 Å². The molecule has 2 aliphatic rings. The molecular formula is C39H70O7Si. The van der Waals surface area contributed by atoms with E-state index in [1.54, 1.807) is 14.2 Å². The molecule has 0 bridgehead atoms. The second kappa shape index (κ2) is 23.5. The Bertz CT molecular complexity index is 917. The second-order valence-electron chi connectivity index (χ2n) is 15.1. The SMILES string of the molecule is C#CCCC(CCC#CC(OCOC)[C@H]1CC[C@H]([C@H]2CC[C@H]([C@@H](CCCCCCCCCC)OCOC)O2)O1)O[Si](C)(C)C(C)(C)C. The van der Waals surface area contributed by atoms with Crippen molar-refractivity contribution < 1.29 is 32.8 Å². The molecule has 0 aliphatic carbocycles. The minimum absolute atomic E-state index is 0.0396. The molecule has 47 heavy (non-hydrogen) atoms. The quantitative estimate of drug-likeness (QED) is 0.0437. The van der Waals surface area contributed by atoms with Gasteiger partial charge < -0.3 is 32.8 Å². The maximum absolute atomic E-state index is 6.71. The Kier molecular flexibility index (Phi) is 21.1. The summed E-state index contributed by atoms with van der Waals surface area (Å²) in [4.78, 5) is 0. The summed E-state index contributed by atoms with van der Waals surface area (Å²) in [5, 5.41) is 0.149. The van der Waals surface area contributed by atoms with Gasteiger partial charge in [0.05, 0.1) is 30.5 Å². The van der Waals surface area contributed by atoms with E-state index in [0.717, 1.165) is 51.4 Å². The molecule has 0 aromatic heterocycles. The first-order valence-electron chi connectivity index (χ1n) is 18.7. The average Bonchev–Trinajstić information content (AvgIpc) is 3.72. The molecule has 0 aromatic rings. The summed E-state index contributed by atoms with van der Waals surface area (Å²) in [5.74, 6) is 9.54. The molecule has 7 atom stereocenters. The fourth-order valence-corrected chi connectivity index (χ4v) is 7.74. The van der Waals surface area contributed by atoms with Crippen LogP contribution in [0.5, 0.6) is 0 Å². The lowest BCUT2D eigenvalue weighted by molar-refractivity contribution is -0.150. The fourth-order valence-electron chi connectivity index (χ4n) is 6.32. The third-order valence-corrected chi connectivity index (χ3v) is 14.7. The lowest BCUT2D eigenvalue weighted by Crippen LogP contribution is -2.43. The minimum Gasteiger partial charge on any atom is -0.414 e. The monoisotopic (exact) mass is 678 g/mol. The molecule has 8 heteroatoms. The number of terminal acetylenes is 1. The highest BCUT2D eigenvalue weighted by atomic mass is 28.4. The van der Waals surface area contributed by atoms with Gasteiger partial charge in [-0.1, -0.05) is 85.0 Å². The smallest absolute Gasteiger partial charge is 0.192 e. The Labute approximate surface area is 290 Å². The maximum atomic E-state index is 6.71. The topological polar surface area (TPSA) is 64.6 Å². The van der Waals surface area contributed by atoms with Gasteiger partial charge in [0.25, 0.3) is 0 Å². The average molecular weight is 679 g/mol. The lowest BCUT2D eigenvalue weighted by atomic mass is 10.0. The van der Waals surface area contributed by atoms with Crippen molar-refractivity contribution >= 4 is 8.32 Å². The Balaban J connectivity index is 1.89. The van der Waals surface area contributed by atoms with Crippen molar-refractivity contribution in [1.82, 2.24) is 0 Å². The van der Waals surface area contributed by atoms with Gasteiger partial charge in [0.15, 0.2) is 8.32 Å². The first-order chi connectivity index (χ1) is 22.6. The van der Waals surface area contributed by atoms with Crippen molar-refractivity contribution in [2.45, 2.75) is 198 Å². The van der Waals surface area contributed by atoms with Gasteiger partial charge in [0.2, 0.25) is 0 Å². The first kappa shape index (κ1) is 42.2. The Morgan fingerprint density at radius 1 is 0.766 bits per heavy atom. The Hall–Kier alpha value is -0.943. The van der Waals surface area contributed by atoms with E-state index in [1.165, 1.54) is 51.4 Å². The van der Waals surface area contributed by atoms with Gasteiger partial charge in [-0.3, -0.25) is 0 Å². The van der Waals surface area contributed by atoms with Crippen molar-refractivity contribution in [3.63, 3.8) is 0 Å². The molecule has 2 aliphatic heterocycles. The van der Waals surface area contributed by atoms with Crippen LogP contribution < -0.4 is 0 Å². The zero-order chi connectivity index (χ0) is 34.5. The molecular weight excluding hydrogens is 609 g/mol. The molecule has 7 nitrogen and oxygen atoms in total. The maximum Gasteiger partial charge on any atom is 0.192 e. The van der Waals surface area contributed by atoms with Gasteiger partial charge in [0.1, 0.15) is 19.7 Å². The zero-order valence-corrected chi connectivity index (χ0v) is 32.4. The van der Waals surface area contributed by atoms with Gasteiger partial charge in [-0.05, 0) is 63.1 Å². The van der Waals surface area contributed by atoms with Crippen LogP contribution in [0.25, 0.3) is 0 Å². The normalized spacial score (nSPS) is 23.6. The highest BCUT2D eigenvalue weighted by Gasteiger charge is 2.42. The van der Waals surface area contributed by atoms with Crippen molar-refractivity contribution in [3.05, 3.63) is 0 Å². The minimum atomic E-state index is -1.90. The second-order valence-corrected chi connectivity index (χ2v) is 19.8. The van der Waals surface area contributed by atoms with Crippen LogP contribution in [0.3, 0.4) is 0 Å². The first-order valence-corrected chi connectivity index (χ1v) is 21.6. The van der Waals surface area contributed by atoms with E-state index < -0.39 is 8.32 Å². The zero-order valence-electron chi connectivity index (χ0n) is 31.4. The molecule has 0 saturated carbocycles. The number of rotatable bonds is 24. The van der Waals surface area contributed by atoms with E-state index in [0.29, 0.717) is 13.2 Å². The van der Waals surface area contributed by atoms with Crippen molar-refractivity contribution in [3.8, 4) is 24.2 Å². The number of methoxy groups -OCH3 is 2. The van der Waals surface area contributed by atoms with Gasteiger partial charge >= 0.3 is 0 Å². The van der Waals surface area contributed by atoms with E-state index in [9.17, 15) is 0 Å². The predicted molar refractivity (Wildman–Crippen MR) is 194 cm³/mol. The highest BCUT2D eigenvalue weighted by Crippen LogP contribution is 2.38. The largest absolute Gasteiger partial charge is 0.414 e. The Morgan fingerprint density at radius 3 is 1.96 bits per heavy atom. The summed E-state index contributed by atoms with van der Waals surface area (Å²) in [7, 11) is 1.42. The molecule has 0 N–H and O–H groups in total. The van der Waals surface area contributed by atoms with Crippen LogP contribution in [-0.4, -0.2) is 78.9 Å². The van der Waals surface area contributed by atoms with Crippen LogP contribution in [0.1, 0.15) is 137 Å². The standard InChI is InChI=1S/C39H70O7Si/c1-10-12-14-15-16-17-18-19-24-33(42-30-40-6)35-26-28-37(44-35)38-29-27-36(45-38)34(43-31-41-7)25-21-20-23-32(22-13-11-2)46-47(8,9)39(3,4)5/h2,32-38H,10,12-20,22-24,26-31H2,1,3-9H3/t32?,33-,34?,35-,36-,37-,38-/m1/s1. The summed E-state index contributed by atoms with van der Waals surface area (Å²) >= 11 is 0. The lowest BCUT2D eigenvalue weighted by Gasteiger charge is -2.39. The number of hydrogen-bond donors (Lipinski definition) is 0. The molecule has 0 spiro atoms. The van der Waals surface area contributed by atoms with E-state index in [2.05, 4.69) is 58.6 Å². The molecule has 0 radical (unpaired) electrons. The van der Waals surface area contributed by atoms with E-state index >= 15 is 0 Å². The number of unbranched alkanes of at least 4 members (excludes halogenated alkanes) is 7. The van der Waals surface area contributed by atoms with Gasteiger partial charge in [-0.2, -0.15) is 0 Å². The van der Waals surface area contributed by atoms with Crippen molar-refractivity contribution in [2.24, 2.45) is 0 Å². The molecule has 2 rings (SSSR count). The summed E-state index contributed by atoms with van der Waals surface area (Å²) in [5.41, 5.74) is 0. The molecule has 0 amide bonds. The van der Waals surface area contributed by atoms with E-state index in [-0.39, 0.29) is 54.6 Å². The predicted octanol–water partition coefficient (Wildman–Crippen LogP) is 9.18. The Morgan fingerprint density at radius 2 is 1.34 bits per heavy atom. The molecule has 272 valence electrons. The summed E-state index contributed by atoms with van der Waals surface area (Å²) in [6, 6.07) is 0. The fraction of sp³-hybridized carbons (Fsp3) is 0.897. The van der Waals surface area contributed by atoms with Crippen LogP contribution in [0, 0.1) is 24.2 Å². The van der Waals surface area contributed by atoms with E-state index in [1.807, 2.05) is 0 Å².